The van der Waals surface area contributed by atoms with Crippen molar-refractivity contribution in [2.24, 2.45) is 5.92 Å². The van der Waals surface area contributed by atoms with Crippen molar-refractivity contribution in [3.63, 3.8) is 0 Å². The molecule has 1 aromatic carbocycles. The summed E-state index contributed by atoms with van der Waals surface area (Å²) in [5.41, 5.74) is 2.02. The zero-order valence-corrected chi connectivity index (χ0v) is 20.4. The van der Waals surface area contributed by atoms with Gasteiger partial charge < -0.3 is 9.64 Å². The van der Waals surface area contributed by atoms with Crippen LogP contribution >= 0.6 is 23.2 Å². The van der Waals surface area contributed by atoms with E-state index in [-0.39, 0.29) is 17.7 Å². The molecule has 1 aliphatic carbocycles. The minimum atomic E-state index is -0.0745. The molecule has 0 radical (unpaired) electrons. The molecule has 1 saturated heterocycles. The van der Waals surface area contributed by atoms with Crippen molar-refractivity contribution in [3.8, 4) is 11.9 Å². The van der Waals surface area contributed by atoms with Crippen LogP contribution in [0.15, 0.2) is 48.9 Å². The van der Waals surface area contributed by atoms with Crippen LogP contribution < -0.4 is 4.74 Å². The topological polar surface area (TPSA) is 92.0 Å². The van der Waals surface area contributed by atoms with Gasteiger partial charge >= 0.3 is 0 Å². The molecule has 1 unspecified atom stereocenters. The van der Waals surface area contributed by atoms with Crippen molar-refractivity contribution in [2.45, 2.75) is 31.1 Å². The monoisotopic (exact) mass is 507 g/mol. The average Bonchev–Trinajstić information content (AvgIpc) is 3.65. The number of halogens is 2. The number of likely N-dealkylation sites (tertiary alicyclic amines) is 1. The van der Waals surface area contributed by atoms with Crippen molar-refractivity contribution in [2.75, 3.05) is 19.7 Å². The predicted molar refractivity (Wildman–Crippen MR) is 132 cm³/mol. The van der Waals surface area contributed by atoms with Gasteiger partial charge in [0.15, 0.2) is 0 Å². The van der Waals surface area contributed by atoms with E-state index in [1.54, 1.807) is 30.6 Å². The third-order valence-corrected chi connectivity index (χ3v) is 7.30. The number of pyridine rings is 1. The van der Waals surface area contributed by atoms with Crippen LogP contribution in [0.1, 0.15) is 58.4 Å². The normalized spacial score (nSPS) is 19.4. The first-order valence-electron chi connectivity index (χ1n) is 11.6. The second kappa shape index (κ2) is 10.2. The molecule has 35 heavy (non-hydrogen) atoms. The summed E-state index contributed by atoms with van der Waals surface area (Å²) in [5, 5.41) is 9.92. The Morgan fingerprint density at radius 2 is 1.86 bits per heavy atom. The summed E-state index contributed by atoms with van der Waals surface area (Å²) >= 11 is 12.4. The molecule has 1 saturated carbocycles. The summed E-state index contributed by atoms with van der Waals surface area (Å²) in [4.78, 5) is 28.1. The first-order valence-corrected chi connectivity index (χ1v) is 12.3. The SMILES string of the molecule is N#Cc1ccc(OCCC2CN(C(=O)c3cnc(C4CC4)nc3)C[C@@H]2c2ccc(Cl)c(Cl)c2)nc1. The molecule has 1 amide bonds. The lowest BCUT2D eigenvalue weighted by atomic mass is 9.87. The van der Waals surface area contributed by atoms with Gasteiger partial charge in [-0.3, -0.25) is 4.79 Å². The van der Waals surface area contributed by atoms with Crippen LogP contribution in [0.4, 0.5) is 0 Å². The Hall–Kier alpha value is -3.21. The van der Waals surface area contributed by atoms with E-state index < -0.39 is 0 Å². The molecule has 2 aliphatic rings. The maximum Gasteiger partial charge on any atom is 0.257 e. The molecule has 3 heterocycles. The van der Waals surface area contributed by atoms with Gasteiger partial charge in [0.1, 0.15) is 11.9 Å². The Morgan fingerprint density at radius 1 is 1.06 bits per heavy atom. The molecule has 0 bridgehead atoms. The first kappa shape index (κ1) is 23.5. The van der Waals surface area contributed by atoms with Gasteiger partial charge in [0, 0.05) is 49.6 Å². The lowest BCUT2D eigenvalue weighted by molar-refractivity contribution is 0.0783. The second-order valence-corrected chi connectivity index (χ2v) is 9.80. The zero-order chi connectivity index (χ0) is 24.4. The Kier molecular flexibility index (Phi) is 6.85. The number of ether oxygens (including phenoxy) is 1. The summed E-state index contributed by atoms with van der Waals surface area (Å²) in [6, 6.07) is 11.0. The Balaban J connectivity index is 1.30. The molecular formula is C26H23Cl2N5O2. The highest BCUT2D eigenvalue weighted by Crippen LogP contribution is 2.39. The van der Waals surface area contributed by atoms with Crippen molar-refractivity contribution >= 4 is 29.1 Å². The highest BCUT2D eigenvalue weighted by molar-refractivity contribution is 6.42. The van der Waals surface area contributed by atoms with E-state index in [0.29, 0.717) is 59.1 Å². The molecule has 5 rings (SSSR count). The van der Waals surface area contributed by atoms with Crippen molar-refractivity contribution in [1.29, 1.82) is 5.26 Å². The molecule has 2 fully saturated rings. The van der Waals surface area contributed by atoms with Gasteiger partial charge in [0.2, 0.25) is 5.88 Å². The number of carbonyl (C=O) groups excluding carboxylic acids is 1. The lowest BCUT2D eigenvalue weighted by Gasteiger charge is -2.19. The van der Waals surface area contributed by atoms with Gasteiger partial charge in [-0.1, -0.05) is 29.3 Å². The molecule has 0 N–H and O–H groups in total. The molecule has 2 aromatic heterocycles. The van der Waals surface area contributed by atoms with Crippen molar-refractivity contribution in [1.82, 2.24) is 19.9 Å². The molecular weight excluding hydrogens is 485 g/mol. The highest BCUT2D eigenvalue weighted by Gasteiger charge is 2.37. The lowest BCUT2D eigenvalue weighted by Crippen LogP contribution is -2.29. The number of nitriles is 1. The van der Waals surface area contributed by atoms with E-state index >= 15 is 0 Å². The molecule has 0 spiro atoms. The van der Waals surface area contributed by atoms with Gasteiger partial charge in [0.25, 0.3) is 5.91 Å². The van der Waals surface area contributed by atoms with E-state index in [2.05, 4.69) is 15.0 Å². The number of hydrogen-bond acceptors (Lipinski definition) is 6. The molecule has 7 nitrogen and oxygen atoms in total. The summed E-state index contributed by atoms with van der Waals surface area (Å²) in [7, 11) is 0. The average molecular weight is 508 g/mol. The van der Waals surface area contributed by atoms with Crippen LogP contribution in [0.25, 0.3) is 0 Å². The van der Waals surface area contributed by atoms with Crippen LogP contribution in [0.3, 0.4) is 0 Å². The van der Waals surface area contributed by atoms with Gasteiger partial charge in [-0.05, 0) is 48.9 Å². The van der Waals surface area contributed by atoms with Crippen LogP contribution in [0.5, 0.6) is 5.88 Å². The van der Waals surface area contributed by atoms with Crippen LogP contribution in [-0.4, -0.2) is 45.5 Å². The summed E-state index contributed by atoms with van der Waals surface area (Å²) in [5.74, 6) is 1.89. The van der Waals surface area contributed by atoms with Gasteiger partial charge in [-0.25, -0.2) is 15.0 Å². The largest absolute Gasteiger partial charge is 0.478 e. The molecule has 2 atom stereocenters. The molecule has 9 heteroatoms. The quantitative estimate of drug-likeness (QED) is 0.433. The summed E-state index contributed by atoms with van der Waals surface area (Å²) < 4.78 is 5.83. The van der Waals surface area contributed by atoms with E-state index in [0.717, 1.165) is 24.2 Å². The Labute approximate surface area is 213 Å². The fourth-order valence-corrected chi connectivity index (χ4v) is 4.79. The maximum atomic E-state index is 13.3. The third-order valence-electron chi connectivity index (χ3n) is 6.57. The highest BCUT2D eigenvalue weighted by atomic mass is 35.5. The van der Waals surface area contributed by atoms with Gasteiger partial charge in [-0.2, -0.15) is 5.26 Å². The maximum absolute atomic E-state index is 13.3. The standard InChI is InChI=1S/C26H23Cl2N5O2/c27-22-5-4-18(9-23(22)28)21-15-33(26(34)20-12-31-25(32-13-20)17-2-3-17)14-19(21)7-8-35-24-6-1-16(10-29)11-30-24/h1,4-6,9,11-13,17,19,21H,2-3,7-8,14-15H2/t19?,21-/m1/s1. The number of benzene rings is 1. The number of carbonyl (C=O) groups is 1. The fourth-order valence-electron chi connectivity index (χ4n) is 4.48. The summed E-state index contributed by atoms with van der Waals surface area (Å²) in [6.45, 7) is 1.57. The Morgan fingerprint density at radius 3 is 2.51 bits per heavy atom. The second-order valence-electron chi connectivity index (χ2n) is 8.99. The minimum Gasteiger partial charge on any atom is -0.478 e. The predicted octanol–water partition coefficient (Wildman–Crippen LogP) is 5.25. The number of nitrogens with zero attached hydrogens (tertiary/aromatic N) is 5. The number of hydrogen-bond donors (Lipinski definition) is 0. The van der Waals surface area contributed by atoms with E-state index in [1.165, 1.54) is 6.20 Å². The number of amides is 1. The van der Waals surface area contributed by atoms with Crippen molar-refractivity contribution < 1.29 is 9.53 Å². The first-order chi connectivity index (χ1) is 17.0. The zero-order valence-electron chi connectivity index (χ0n) is 18.9. The molecule has 1 aliphatic heterocycles. The summed E-state index contributed by atoms with van der Waals surface area (Å²) in [6.07, 6.45) is 7.72. The third kappa shape index (κ3) is 5.39. The van der Waals surface area contributed by atoms with E-state index in [1.807, 2.05) is 23.1 Å². The number of rotatable bonds is 7. The van der Waals surface area contributed by atoms with E-state index in [4.69, 9.17) is 33.2 Å². The van der Waals surface area contributed by atoms with Crippen LogP contribution in [0.2, 0.25) is 10.0 Å². The number of aromatic nitrogens is 3. The van der Waals surface area contributed by atoms with Crippen molar-refractivity contribution in [3.05, 3.63) is 81.5 Å². The minimum absolute atomic E-state index is 0.0745. The smallest absolute Gasteiger partial charge is 0.257 e. The Bertz CT molecular complexity index is 1260. The van der Waals surface area contributed by atoms with Crippen LogP contribution in [0, 0.1) is 17.2 Å². The fraction of sp³-hybridized carbons (Fsp3) is 0.346. The van der Waals surface area contributed by atoms with Gasteiger partial charge in [-0.15, -0.1) is 0 Å². The van der Waals surface area contributed by atoms with E-state index in [9.17, 15) is 4.79 Å². The van der Waals surface area contributed by atoms with Crippen LogP contribution in [-0.2, 0) is 0 Å². The molecule has 178 valence electrons. The van der Waals surface area contributed by atoms with Gasteiger partial charge in [0.05, 0.1) is 27.8 Å². The molecule has 3 aromatic rings.